The van der Waals surface area contributed by atoms with Crippen LogP contribution in [0, 0.1) is 0 Å². The molecule has 3 atom stereocenters. The number of unbranched alkanes of at least 4 members (excludes halogenated alkanes) is 3. The maximum Gasteiger partial charge on any atom is 0.119 e. The fourth-order valence-corrected chi connectivity index (χ4v) is 4.88. The van der Waals surface area contributed by atoms with Gasteiger partial charge in [-0.25, -0.2) is 0 Å². The van der Waals surface area contributed by atoms with Crippen molar-refractivity contribution < 1.29 is 4.74 Å². The van der Waals surface area contributed by atoms with Gasteiger partial charge in [0.15, 0.2) is 0 Å². The van der Waals surface area contributed by atoms with Crippen LogP contribution in [0.1, 0.15) is 80.9 Å². The molecule has 0 aliphatic heterocycles. The zero-order chi connectivity index (χ0) is 19.1. The van der Waals surface area contributed by atoms with Gasteiger partial charge in [-0.1, -0.05) is 62.6 Å². The molecule has 1 nitrogen and oxygen atoms in total. The average molecular weight is 385 g/mol. The van der Waals surface area contributed by atoms with Gasteiger partial charge in [-0.05, 0) is 67.3 Å². The van der Waals surface area contributed by atoms with E-state index in [0.717, 1.165) is 18.6 Å². The van der Waals surface area contributed by atoms with Crippen LogP contribution in [0.3, 0.4) is 0 Å². The first kappa shape index (κ1) is 20.3. The molecular weight excluding hydrogens is 352 g/mol. The third-order valence-electron chi connectivity index (χ3n) is 5.86. The van der Waals surface area contributed by atoms with Gasteiger partial charge in [-0.2, -0.15) is 0 Å². The molecule has 1 aliphatic rings. The van der Waals surface area contributed by atoms with Gasteiger partial charge in [0.1, 0.15) is 5.75 Å². The van der Waals surface area contributed by atoms with Crippen molar-refractivity contribution in [3.05, 3.63) is 65.2 Å². The summed E-state index contributed by atoms with van der Waals surface area (Å²) in [6, 6.07) is 17.9. The van der Waals surface area contributed by atoms with Gasteiger partial charge in [0, 0.05) is 11.3 Å². The summed E-state index contributed by atoms with van der Waals surface area (Å²) in [7, 11) is 0. The molecule has 146 valence electrons. The highest BCUT2D eigenvalue weighted by molar-refractivity contribution is 6.21. The molecule has 27 heavy (non-hydrogen) atoms. The van der Waals surface area contributed by atoms with E-state index in [1.165, 1.54) is 48.8 Å². The second-order valence-electron chi connectivity index (χ2n) is 7.78. The highest BCUT2D eigenvalue weighted by Gasteiger charge is 2.37. The van der Waals surface area contributed by atoms with Gasteiger partial charge in [0.25, 0.3) is 0 Å². The Morgan fingerprint density at radius 2 is 1.74 bits per heavy atom. The Morgan fingerprint density at radius 1 is 0.926 bits per heavy atom. The van der Waals surface area contributed by atoms with Crippen molar-refractivity contribution in [3.63, 3.8) is 0 Å². The molecule has 0 heterocycles. The van der Waals surface area contributed by atoms with E-state index in [4.69, 9.17) is 16.3 Å². The van der Waals surface area contributed by atoms with Crippen LogP contribution < -0.4 is 4.74 Å². The van der Waals surface area contributed by atoms with Crippen LogP contribution in [-0.2, 0) is 6.42 Å². The Bertz CT molecular complexity index is 694. The number of benzene rings is 2. The molecule has 0 radical (unpaired) electrons. The molecule has 0 aromatic heterocycles. The average Bonchev–Trinajstić information content (AvgIpc) is 3.08. The fraction of sp³-hybridized carbons (Fsp3) is 0.520. The maximum absolute atomic E-state index is 6.78. The molecule has 0 bridgehead atoms. The molecule has 2 heteroatoms. The monoisotopic (exact) mass is 384 g/mol. The minimum atomic E-state index is 0.195. The van der Waals surface area contributed by atoms with Gasteiger partial charge in [0.05, 0.1) is 6.61 Å². The molecule has 1 aliphatic carbocycles. The normalized spacial score (nSPS) is 22.1. The molecule has 0 spiro atoms. The number of hydrogen-bond acceptors (Lipinski definition) is 1. The lowest BCUT2D eigenvalue weighted by Crippen LogP contribution is -2.12. The first-order valence-electron chi connectivity index (χ1n) is 10.7. The SMILES string of the molecule is CCCCCCc1ccc(C2CCC(Cl)C2c2cccc(OCC)c2)cc1. The Kier molecular flexibility index (Phi) is 7.64. The fourth-order valence-electron chi connectivity index (χ4n) is 4.43. The zero-order valence-corrected chi connectivity index (χ0v) is 17.5. The number of aryl methyl sites for hydroxylation is 1. The summed E-state index contributed by atoms with van der Waals surface area (Å²) in [4.78, 5) is 0. The molecule has 0 N–H and O–H groups in total. The summed E-state index contributed by atoms with van der Waals surface area (Å²) in [5.74, 6) is 1.81. The van der Waals surface area contributed by atoms with Gasteiger partial charge in [-0.15, -0.1) is 11.6 Å². The molecule has 1 fully saturated rings. The van der Waals surface area contributed by atoms with Crippen LogP contribution in [0.2, 0.25) is 0 Å². The molecule has 3 unspecified atom stereocenters. The Hall–Kier alpha value is -1.47. The Balaban J connectivity index is 1.72. The number of ether oxygens (including phenoxy) is 1. The van der Waals surface area contributed by atoms with E-state index in [-0.39, 0.29) is 5.38 Å². The molecule has 0 amide bonds. The molecule has 3 rings (SSSR count). The molecule has 0 saturated heterocycles. The maximum atomic E-state index is 6.78. The summed E-state index contributed by atoms with van der Waals surface area (Å²) in [5.41, 5.74) is 4.21. The summed E-state index contributed by atoms with van der Waals surface area (Å²) in [6.07, 6.45) is 8.72. The number of alkyl halides is 1. The molecular formula is C25H33ClO. The van der Waals surface area contributed by atoms with Crippen LogP contribution in [0.4, 0.5) is 0 Å². The van der Waals surface area contributed by atoms with E-state index in [9.17, 15) is 0 Å². The third kappa shape index (κ3) is 5.29. The summed E-state index contributed by atoms with van der Waals surface area (Å²) < 4.78 is 5.71. The minimum Gasteiger partial charge on any atom is -0.494 e. The Labute approximate surface area is 170 Å². The van der Waals surface area contributed by atoms with Crippen molar-refractivity contribution in [2.24, 2.45) is 0 Å². The van der Waals surface area contributed by atoms with Crippen molar-refractivity contribution in [3.8, 4) is 5.75 Å². The van der Waals surface area contributed by atoms with Crippen molar-refractivity contribution >= 4 is 11.6 Å². The van der Waals surface area contributed by atoms with Gasteiger partial charge >= 0.3 is 0 Å². The lowest BCUT2D eigenvalue weighted by atomic mass is 9.83. The standard InChI is InChI=1S/C25H33ClO/c1-3-5-6-7-9-19-12-14-20(15-13-19)23-16-17-24(26)25(23)21-10-8-11-22(18-21)27-4-2/h8,10-15,18,23-25H,3-7,9,16-17H2,1-2H3. The highest BCUT2D eigenvalue weighted by atomic mass is 35.5. The molecule has 2 aromatic carbocycles. The van der Waals surface area contributed by atoms with Crippen LogP contribution in [0.25, 0.3) is 0 Å². The molecule has 2 aromatic rings. The minimum absolute atomic E-state index is 0.195. The first-order valence-corrected chi connectivity index (χ1v) is 11.1. The zero-order valence-electron chi connectivity index (χ0n) is 16.8. The second kappa shape index (κ2) is 10.2. The van der Waals surface area contributed by atoms with Crippen LogP contribution in [0.5, 0.6) is 5.75 Å². The summed E-state index contributed by atoms with van der Waals surface area (Å²) in [5, 5.41) is 0.195. The van der Waals surface area contributed by atoms with Crippen LogP contribution in [0.15, 0.2) is 48.5 Å². The van der Waals surface area contributed by atoms with Crippen LogP contribution in [-0.4, -0.2) is 12.0 Å². The predicted molar refractivity (Wildman–Crippen MR) is 116 cm³/mol. The first-order chi connectivity index (χ1) is 13.2. The van der Waals surface area contributed by atoms with E-state index in [0.29, 0.717) is 18.4 Å². The summed E-state index contributed by atoms with van der Waals surface area (Å²) in [6.45, 7) is 4.99. The largest absolute Gasteiger partial charge is 0.494 e. The Morgan fingerprint density at radius 3 is 2.48 bits per heavy atom. The van der Waals surface area contributed by atoms with Gasteiger partial charge in [-0.3, -0.25) is 0 Å². The number of hydrogen-bond donors (Lipinski definition) is 0. The highest BCUT2D eigenvalue weighted by Crippen LogP contribution is 2.48. The third-order valence-corrected chi connectivity index (χ3v) is 6.35. The topological polar surface area (TPSA) is 9.23 Å². The number of rotatable bonds is 9. The number of halogens is 1. The van der Waals surface area contributed by atoms with E-state index in [1.807, 2.05) is 13.0 Å². The van der Waals surface area contributed by atoms with E-state index in [1.54, 1.807) is 0 Å². The molecule has 1 saturated carbocycles. The van der Waals surface area contributed by atoms with E-state index >= 15 is 0 Å². The van der Waals surface area contributed by atoms with Crippen molar-refractivity contribution in [2.45, 2.75) is 76.0 Å². The lowest BCUT2D eigenvalue weighted by Gasteiger charge is -2.23. The smallest absolute Gasteiger partial charge is 0.119 e. The van der Waals surface area contributed by atoms with E-state index in [2.05, 4.69) is 49.4 Å². The van der Waals surface area contributed by atoms with Crippen molar-refractivity contribution in [1.29, 1.82) is 0 Å². The predicted octanol–water partition coefficient (Wildman–Crippen LogP) is 7.48. The van der Waals surface area contributed by atoms with Gasteiger partial charge < -0.3 is 4.74 Å². The van der Waals surface area contributed by atoms with Crippen molar-refractivity contribution in [1.82, 2.24) is 0 Å². The quantitative estimate of drug-likeness (QED) is 0.321. The van der Waals surface area contributed by atoms with Crippen molar-refractivity contribution in [2.75, 3.05) is 6.61 Å². The second-order valence-corrected chi connectivity index (χ2v) is 8.34. The van der Waals surface area contributed by atoms with Gasteiger partial charge in [0.2, 0.25) is 0 Å². The van der Waals surface area contributed by atoms with E-state index < -0.39 is 0 Å². The lowest BCUT2D eigenvalue weighted by molar-refractivity contribution is 0.339. The van der Waals surface area contributed by atoms with Crippen LogP contribution >= 0.6 is 11.6 Å². The summed E-state index contributed by atoms with van der Waals surface area (Å²) >= 11 is 6.78.